The molecule has 5 rings (SSSR count). The Morgan fingerprint density at radius 2 is 1.69 bits per heavy atom. The molecule has 2 aromatic carbocycles. The van der Waals surface area contributed by atoms with E-state index in [9.17, 15) is 9.90 Å². The summed E-state index contributed by atoms with van der Waals surface area (Å²) in [5, 5.41) is 9.36. The quantitative estimate of drug-likeness (QED) is 0.923. The van der Waals surface area contributed by atoms with Crippen LogP contribution in [0.2, 0.25) is 0 Å². The Labute approximate surface area is 153 Å². The van der Waals surface area contributed by atoms with E-state index >= 15 is 0 Å². The van der Waals surface area contributed by atoms with E-state index in [1.807, 2.05) is 17.0 Å². The molecule has 1 aliphatic heterocycles. The molecule has 0 bridgehead atoms. The number of ether oxygens (including phenoxy) is 1. The van der Waals surface area contributed by atoms with Crippen molar-refractivity contribution >= 4 is 6.09 Å². The zero-order chi connectivity index (χ0) is 17.7. The van der Waals surface area contributed by atoms with Gasteiger partial charge in [-0.2, -0.15) is 0 Å². The van der Waals surface area contributed by atoms with E-state index in [0.717, 1.165) is 19.5 Å². The molecule has 1 amide bonds. The summed E-state index contributed by atoms with van der Waals surface area (Å²) in [7, 11) is 0. The van der Waals surface area contributed by atoms with Crippen molar-refractivity contribution < 1.29 is 14.6 Å². The topological polar surface area (TPSA) is 49.8 Å². The van der Waals surface area contributed by atoms with Crippen LogP contribution in [0.25, 0.3) is 11.1 Å². The lowest BCUT2D eigenvalue weighted by Crippen LogP contribution is -2.37. The van der Waals surface area contributed by atoms with Crippen LogP contribution < -0.4 is 0 Å². The van der Waals surface area contributed by atoms with Crippen molar-refractivity contribution in [2.75, 3.05) is 26.3 Å². The average Bonchev–Trinajstić information content (AvgIpc) is 3.16. The fraction of sp³-hybridized carbons (Fsp3) is 0.409. The highest BCUT2D eigenvalue weighted by atomic mass is 16.6. The number of likely N-dealkylation sites (tertiary alicyclic amines) is 1. The number of fused-ring (bicyclic) bond motifs is 4. The maximum absolute atomic E-state index is 12.6. The van der Waals surface area contributed by atoms with Gasteiger partial charge in [-0.25, -0.2) is 4.79 Å². The Morgan fingerprint density at radius 3 is 2.35 bits per heavy atom. The van der Waals surface area contributed by atoms with E-state index in [-0.39, 0.29) is 18.6 Å². The van der Waals surface area contributed by atoms with Crippen LogP contribution in [0.4, 0.5) is 4.79 Å². The summed E-state index contributed by atoms with van der Waals surface area (Å²) in [4.78, 5) is 14.4. The van der Waals surface area contributed by atoms with Gasteiger partial charge in [-0.15, -0.1) is 0 Å². The summed E-state index contributed by atoms with van der Waals surface area (Å²) in [6.45, 7) is 2.12. The fourth-order valence-electron chi connectivity index (χ4n) is 5.09. The van der Waals surface area contributed by atoms with Gasteiger partial charge in [0.1, 0.15) is 6.61 Å². The highest BCUT2D eigenvalue weighted by Crippen LogP contribution is 2.46. The lowest BCUT2D eigenvalue weighted by Gasteiger charge is -2.37. The molecular formula is C22H23NO3. The van der Waals surface area contributed by atoms with Crippen molar-refractivity contribution in [3.63, 3.8) is 0 Å². The molecule has 2 fully saturated rings. The number of carbonyl (C=O) groups excluding carboxylic acids is 1. The molecule has 1 N–H and O–H groups in total. The molecule has 0 unspecified atom stereocenters. The molecule has 0 radical (unpaired) electrons. The highest BCUT2D eigenvalue weighted by molar-refractivity contribution is 5.79. The third kappa shape index (κ3) is 2.36. The second kappa shape index (κ2) is 6.13. The van der Waals surface area contributed by atoms with Gasteiger partial charge in [0.05, 0.1) is 0 Å². The number of nitrogens with zero attached hydrogens (tertiary/aromatic N) is 1. The van der Waals surface area contributed by atoms with Crippen LogP contribution in [0.1, 0.15) is 23.5 Å². The molecule has 2 aromatic rings. The molecular weight excluding hydrogens is 326 g/mol. The zero-order valence-electron chi connectivity index (χ0n) is 14.7. The minimum Gasteiger partial charge on any atom is -0.448 e. The standard InChI is InChI=1S/C22H23NO3/c24-12-15-9-14-10-23(11-20(14)15)22(25)26-13-21-18-7-3-1-5-16(18)17-6-2-4-8-19(17)21/h1-8,14-15,20-21,24H,9-13H2/t14-,15-,20+/m0/s1. The molecule has 134 valence electrons. The Morgan fingerprint density at radius 1 is 1.04 bits per heavy atom. The molecule has 1 saturated carbocycles. The van der Waals surface area contributed by atoms with Gasteiger partial charge < -0.3 is 14.7 Å². The molecule has 1 saturated heterocycles. The number of benzene rings is 2. The van der Waals surface area contributed by atoms with Crippen LogP contribution in [0.5, 0.6) is 0 Å². The van der Waals surface area contributed by atoms with Gasteiger partial charge in [-0.3, -0.25) is 0 Å². The van der Waals surface area contributed by atoms with E-state index in [4.69, 9.17) is 4.74 Å². The fourth-order valence-corrected chi connectivity index (χ4v) is 5.09. The van der Waals surface area contributed by atoms with Crippen molar-refractivity contribution in [3.8, 4) is 11.1 Å². The van der Waals surface area contributed by atoms with Gasteiger partial charge in [-0.05, 0) is 46.4 Å². The smallest absolute Gasteiger partial charge is 0.409 e. The van der Waals surface area contributed by atoms with E-state index < -0.39 is 0 Å². The van der Waals surface area contributed by atoms with Crippen molar-refractivity contribution in [1.29, 1.82) is 0 Å². The van der Waals surface area contributed by atoms with Gasteiger partial charge in [0.15, 0.2) is 0 Å². The molecule has 1 heterocycles. The summed E-state index contributed by atoms with van der Waals surface area (Å²) in [5.74, 6) is 1.48. The maximum atomic E-state index is 12.6. The number of aliphatic hydroxyl groups excluding tert-OH is 1. The highest BCUT2D eigenvalue weighted by Gasteiger charge is 2.48. The van der Waals surface area contributed by atoms with E-state index in [2.05, 4.69) is 36.4 Å². The van der Waals surface area contributed by atoms with Gasteiger partial charge >= 0.3 is 6.09 Å². The van der Waals surface area contributed by atoms with Crippen molar-refractivity contribution in [1.82, 2.24) is 4.90 Å². The number of hydrogen-bond acceptors (Lipinski definition) is 3. The van der Waals surface area contributed by atoms with Crippen LogP contribution in [0, 0.1) is 17.8 Å². The molecule has 2 aliphatic carbocycles. The van der Waals surface area contributed by atoms with Crippen LogP contribution >= 0.6 is 0 Å². The number of carbonyl (C=O) groups is 1. The van der Waals surface area contributed by atoms with Gasteiger partial charge in [0.25, 0.3) is 0 Å². The maximum Gasteiger partial charge on any atom is 0.409 e. The molecule has 3 aliphatic rings. The van der Waals surface area contributed by atoms with Gasteiger partial charge in [0.2, 0.25) is 0 Å². The molecule has 4 nitrogen and oxygen atoms in total. The number of amides is 1. The first kappa shape index (κ1) is 15.9. The summed E-state index contributed by atoms with van der Waals surface area (Å²) in [5.41, 5.74) is 4.97. The average molecular weight is 349 g/mol. The molecule has 4 heteroatoms. The Hall–Kier alpha value is -2.33. The Balaban J connectivity index is 1.29. The minimum atomic E-state index is -0.210. The van der Waals surface area contributed by atoms with Gasteiger partial charge in [0, 0.05) is 25.6 Å². The first-order valence-corrected chi connectivity index (χ1v) is 9.47. The minimum absolute atomic E-state index is 0.107. The third-order valence-corrected chi connectivity index (χ3v) is 6.53. The number of rotatable bonds is 3. The van der Waals surface area contributed by atoms with Crippen LogP contribution in [-0.2, 0) is 4.74 Å². The summed E-state index contributed by atoms with van der Waals surface area (Å²) >= 11 is 0. The van der Waals surface area contributed by atoms with Gasteiger partial charge in [-0.1, -0.05) is 48.5 Å². The van der Waals surface area contributed by atoms with E-state index in [0.29, 0.717) is 24.4 Å². The first-order chi connectivity index (χ1) is 12.8. The number of aliphatic hydroxyl groups is 1. The Bertz CT molecular complexity index is 803. The lowest BCUT2D eigenvalue weighted by molar-refractivity contribution is 0.0574. The van der Waals surface area contributed by atoms with Crippen molar-refractivity contribution in [2.45, 2.75) is 12.3 Å². The SMILES string of the molecule is O=C(OCC1c2ccccc2-c2ccccc21)N1C[C@@H]2C[C@@H](CO)[C@@H]2C1. The first-order valence-electron chi connectivity index (χ1n) is 9.47. The van der Waals surface area contributed by atoms with Crippen LogP contribution in [0.3, 0.4) is 0 Å². The largest absolute Gasteiger partial charge is 0.448 e. The monoisotopic (exact) mass is 349 g/mol. The summed E-state index contributed by atoms with van der Waals surface area (Å²) < 4.78 is 5.74. The van der Waals surface area contributed by atoms with Crippen molar-refractivity contribution in [3.05, 3.63) is 59.7 Å². The second-order valence-corrected chi connectivity index (χ2v) is 7.81. The number of hydrogen-bond donors (Lipinski definition) is 1. The van der Waals surface area contributed by atoms with E-state index in [1.165, 1.54) is 22.3 Å². The molecule has 0 spiro atoms. The predicted octanol–water partition coefficient (Wildman–Crippen LogP) is 3.50. The zero-order valence-corrected chi connectivity index (χ0v) is 14.7. The predicted molar refractivity (Wildman–Crippen MR) is 98.8 cm³/mol. The molecule has 0 aromatic heterocycles. The summed E-state index contributed by atoms with van der Waals surface area (Å²) in [6, 6.07) is 16.8. The third-order valence-electron chi connectivity index (χ3n) is 6.53. The normalized spacial score (nSPS) is 26.0. The Kier molecular flexibility index (Phi) is 3.75. The van der Waals surface area contributed by atoms with Crippen LogP contribution in [0.15, 0.2) is 48.5 Å². The van der Waals surface area contributed by atoms with Crippen LogP contribution in [-0.4, -0.2) is 42.4 Å². The van der Waals surface area contributed by atoms with Crippen molar-refractivity contribution in [2.24, 2.45) is 17.8 Å². The summed E-state index contributed by atoms with van der Waals surface area (Å²) in [6.07, 6.45) is 0.826. The van der Waals surface area contributed by atoms with E-state index in [1.54, 1.807) is 0 Å². The molecule has 26 heavy (non-hydrogen) atoms. The second-order valence-electron chi connectivity index (χ2n) is 7.81. The molecule has 3 atom stereocenters. The lowest BCUT2D eigenvalue weighted by atomic mass is 9.67.